The van der Waals surface area contributed by atoms with Gasteiger partial charge < -0.3 is 9.47 Å². The van der Waals surface area contributed by atoms with E-state index in [1.165, 1.54) is 19.3 Å². The van der Waals surface area contributed by atoms with E-state index in [1.54, 1.807) is 25.1 Å². The van der Waals surface area contributed by atoms with E-state index >= 15 is 0 Å². The van der Waals surface area contributed by atoms with Crippen molar-refractivity contribution in [2.75, 3.05) is 13.7 Å². The molecule has 0 radical (unpaired) electrons. The summed E-state index contributed by atoms with van der Waals surface area (Å²) in [6.45, 7) is 2.02. The van der Waals surface area contributed by atoms with Crippen LogP contribution in [0.1, 0.15) is 23.1 Å². The Bertz CT molecular complexity index is 440. The molecular formula is C12H13NO4. The van der Waals surface area contributed by atoms with E-state index in [0.717, 1.165) is 0 Å². The van der Waals surface area contributed by atoms with Crippen molar-refractivity contribution in [2.24, 2.45) is 0 Å². The van der Waals surface area contributed by atoms with E-state index in [9.17, 15) is 9.59 Å². The number of carbonyl (C=O) groups excluding carboxylic acids is 2. The second-order valence-electron chi connectivity index (χ2n) is 3.02. The number of rotatable bonds is 4. The van der Waals surface area contributed by atoms with Crippen LogP contribution in [0.2, 0.25) is 0 Å². The van der Waals surface area contributed by atoms with Gasteiger partial charge in [0.15, 0.2) is 0 Å². The highest BCUT2D eigenvalue weighted by molar-refractivity contribution is 5.88. The fourth-order valence-electron chi connectivity index (χ4n) is 1.08. The number of methoxy groups -OCH3 is 1. The fourth-order valence-corrected chi connectivity index (χ4v) is 1.08. The van der Waals surface area contributed by atoms with Crippen molar-refractivity contribution in [3.05, 3.63) is 35.7 Å². The molecule has 17 heavy (non-hydrogen) atoms. The van der Waals surface area contributed by atoms with Gasteiger partial charge in [-0.05, 0) is 25.1 Å². The van der Waals surface area contributed by atoms with Crippen molar-refractivity contribution in [2.45, 2.75) is 6.92 Å². The van der Waals surface area contributed by atoms with Crippen LogP contribution in [0.5, 0.6) is 0 Å². The molecule has 5 heteroatoms. The highest BCUT2D eigenvalue weighted by atomic mass is 16.5. The van der Waals surface area contributed by atoms with Crippen molar-refractivity contribution in [1.82, 2.24) is 4.98 Å². The number of nitrogens with zero attached hydrogens (tertiary/aromatic N) is 1. The van der Waals surface area contributed by atoms with Crippen LogP contribution in [0.4, 0.5) is 0 Å². The van der Waals surface area contributed by atoms with Crippen molar-refractivity contribution in [3.8, 4) is 0 Å². The lowest BCUT2D eigenvalue weighted by Gasteiger charge is -2.01. The normalized spacial score (nSPS) is 10.2. The summed E-state index contributed by atoms with van der Waals surface area (Å²) in [5, 5.41) is 0. The number of pyridine rings is 1. The largest absolute Gasteiger partial charge is 0.466 e. The Balaban J connectivity index is 2.82. The maximum absolute atomic E-state index is 11.4. The number of aromatic nitrogens is 1. The standard InChI is InChI=1S/C12H13NO4/c1-3-17-12(15)10-6-4-5-9(13-10)7-8-11(14)16-2/h4-8H,3H2,1-2H3. The van der Waals surface area contributed by atoms with Gasteiger partial charge in [-0.3, -0.25) is 0 Å². The van der Waals surface area contributed by atoms with E-state index in [-0.39, 0.29) is 5.69 Å². The van der Waals surface area contributed by atoms with Gasteiger partial charge in [0, 0.05) is 6.08 Å². The predicted octanol–water partition coefficient (Wildman–Crippen LogP) is 1.44. The predicted molar refractivity (Wildman–Crippen MR) is 61.2 cm³/mol. The molecule has 1 aromatic heterocycles. The maximum Gasteiger partial charge on any atom is 0.356 e. The lowest BCUT2D eigenvalue weighted by molar-refractivity contribution is -0.134. The average Bonchev–Trinajstić information content (AvgIpc) is 2.36. The average molecular weight is 235 g/mol. The summed E-state index contributed by atoms with van der Waals surface area (Å²) >= 11 is 0. The highest BCUT2D eigenvalue weighted by Gasteiger charge is 2.07. The molecule has 0 bridgehead atoms. The van der Waals surface area contributed by atoms with Crippen molar-refractivity contribution in [3.63, 3.8) is 0 Å². The Morgan fingerprint density at radius 1 is 1.41 bits per heavy atom. The summed E-state index contributed by atoms with van der Waals surface area (Å²) in [7, 11) is 1.29. The van der Waals surface area contributed by atoms with Gasteiger partial charge in [0.05, 0.1) is 19.4 Å². The van der Waals surface area contributed by atoms with Gasteiger partial charge in [0.1, 0.15) is 5.69 Å². The van der Waals surface area contributed by atoms with E-state index in [1.807, 2.05) is 0 Å². The van der Waals surface area contributed by atoms with Gasteiger partial charge in [-0.1, -0.05) is 6.07 Å². The summed E-state index contributed by atoms with van der Waals surface area (Å²) < 4.78 is 9.26. The summed E-state index contributed by atoms with van der Waals surface area (Å²) in [4.78, 5) is 26.3. The summed E-state index contributed by atoms with van der Waals surface area (Å²) in [6.07, 6.45) is 2.70. The molecule has 0 fully saturated rings. The summed E-state index contributed by atoms with van der Waals surface area (Å²) in [5.74, 6) is -0.964. The molecule has 0 saturated heterocycles. The van der Waals surface area contributed by atoms with Crippen LogP contribution in [0, 0.1) is 0 Å². The Labute approximate surface area is 99.1 Å². The quantitative estimate of drug-likeness (QED) is 0.583. The molecule has 0 aliphatic rings. The van der Waals surface area contributed by atoms with Crippen molar-refractivity contribution < 1.29 is 19.1 Å². The van der Waals surface area contributed by atoms with Crippen molar-refractivity contribution in [1.29, 1.82) is 0 Å². The molecule has 0 N–H and O–H groups in total. The zero-order valence-corrected chi connectivity index (χ0v) is 9.67. The molecule has 1 heterocycles. The minimum Gasteiger partial charge on any atom is -0.466 e. The maximum atomic E-state index is 11.4. The van der Waals surface area contributed by atoms with Gasteiger partial charge in [-0.2, -0.15) is 0 Å². The highest BCUT2D eigenvalue weighted by Crippen LogP contribution is 2.03. The van der Waals surface area contributed by atoms with Gasteiger partial charge in [0.2, 0.25) is 0 Å². The number of carbonyl (C=O) groups is 2. The number of esters is 2. The van der Waals surface area contributed by atoms with E-state index in [0.29, 0.717) is 12.3 Å². The smallest absolute Gasteiger partial charge is 0.356 e. The van der Waals surface area contributed by atoms with Crippen LogP contribution in [0.25, 0.3) is 6.08 Å². The van der Waals surface area contributed by atoms with Crippen LogP contribution in [0.3, 0.4) is 0 Å². The fraction of sp³-hybridized carbons (Fsp3) is 0.250. The lowest BCUT2D eigenvalue weighted by atomic mass is 10.3. The topological polar surface area (TPSA) is 65.5 Å². The Morgan fingerprint density at radius 2 is 2.18 bits per heavy atom. The molecular weight excluding hydrogens is 222 g/mol. The zero-order chi connectivity index (χ0) is 12.7. The first-order chi connectivity index (χ1) is 8.17. The minimum absolute atomic E-state index is 0.207. The number of hydrogen-bond acceptors (Lipinski definition) is 5. The summed E-state index contributed by atoms with van der Waals surface area (Å²) in [5.41, 5.74) is 0.694. The molecule has 1 aromatic rings. The molecule has 0 saturated carbocycles. The monoisotopic (exact) mass is 235 g/mol. The first-order valence-corrected chi connectivity index (χ1v) is 5.07. The molecule has 0 amide bonds. The molecule has 0 aromatic carbocycles. The molecule has 0 aliphatic carbocycles. The van der Waals surface area contributed by atoms with Crippen LogP contribution < -0.4 is 0 Å². The van der Waals surface area contributed by atoms with Crippen molar-refractivity contribution >= 4 is 18.0 Å². The second-order valence-corrected chi connectivity index (χ2v) is 3.02. The van der Waals surface area contributed by atoms with Crippen LogP contribution in [-0.4, -0.2) is 30.6 Å². The Kier molecular flexibility index (Phi) is 4.87. The van der Waals surface area contributed by atoms with Crippen LogP contribution >= 0.6 is 0 Å². The van der Waals surface area contributed by atoms with E-state index in [2.05, 4.69) is 9.72 Å². The third-order valence-electron chi connectivity index (χ3n) is 1.85. The molecule has 0 spiro atoms. The first kappa shape index (κ1) is 12.9. The van der Waals surface area contributed by atoms with E-state index < -0.39 is 11.9 Å². The van der Waals surface area contributed by atoms with Gasteiger partial charge in [0.25, 0.3) is 0 Å². The molecule has 0 unspecified atom stereocenters. The molecule has 1 rings (SSSR count). The van der Waals surface area contributed by atoms with Crippen LogP contribution in [0.15, 0.2) is 24.3 Å². The Morgan fingerprint density at radius 3 is 2.82 bits per heavy atom. The molecule has 90 valence electrons. The first-order valence-electron chi connectivity index (χ1n) is 5.07. The van der Waals surface area contributed by atoms with Gasteiger partial charge in [-0.15, -0.1) is 0 Å². The molecule has 5 nitrogen and oxygen atoms in total. The third kappa shape index (κ3) is 4.06. The minimum atomic E-state index is -0.485. The zero-order valence-electron chi connectivity index (χ0n) is 9.67. The Hall–Kier alpha value is -2.17. The third-order valence-corrected chi connectivity index (χ3v) is 1.85. The number of ether oxygens (including phenoxy) is 2. The van der Waals surface area contributed by atoms with Gasteiger partial charge in [-0.25, -0.2) is 14.6 Å². The SMILES string of the molecule is CCOC(=O)c1cccc(C=CC(=O)OC)n1. The van der Waals surface area contributed by atoms with E-state index in [4.69, 9.17) is 4.74 Å². The molecule has 0 atom stereocenters. The van der Waals surface area contributed by atoms with Crippen LogP contribution in [-0.2, 0) is 14.3 Å². The molecule has 0 aliphatic heterocycles. The lowest BCUT2D eigenvalue weighted by Crippen LogP contribution is -2.07. The second kappa shape index (κ2) is 6.42. The number of hydrogen-bond donors (Lipinski definition) is 0. The summed E-state index contributed by atoms with van der Waals surface area (Å²) in [6, 6.07) is 4.88. The van der Waals surface area contributed by atoms with Gasteiger partial charge >= 0.3 is 11.9 Å².